The molecule has 6 heteroatoms. The fourth-order valence-electron chi connectivity index (χ4n) is 2.93. The van der Waals surface area contributed by atoms with Gasteiger partial charge < -0.3 is 4.90 Å². The van der Waals surface area contributed by atoms with E-state index in [2.05, 4.69) is 0 Å². The van der Waals surface area contributed by atoms with E-state index in [1.54, 1.807) is 37.4 Å². The molecule has 0 saturated heterocycles. The molecule has 0 unspecified atom stereocenters. The molecule has 0 aromatic heterocycles. The largest absolute Gasteiger partial charge is 0.313 e. The van der Waals surface area contributed by atoms with Gasteiger partial charge in [-0.3, -0.25) is 9.10 Å². The highest BCUT2D eigenvalue weighted by molar-refractivity contribution is 7.92. The van der Waals surface area contributed by atoms with Gasteiger partial charge in [-0.1, -0.05) is 29.8 Å². The number of carbonyl (C=O) groups is 1. The van der Waals surface area contributed by atoms with Crippen molar-refractivity contribution in [3.63, 3.8) is 0 Å². The zero-order valence-corrected chi connectivity index (χ0v) is 14.8. The maximum atomic E-state index is 13.2. The molecule has 2 aromatic carbocycles. The van der Waals surface area contributed by atoms with Crippen molar-refractivity contribution in [1.82, 2.24) is 0 Å². The highest BCUT2D eigenvalue weighted by Gasteiger charge is 2.33. The summed E-state index contributed by atoms with van der Waals surface area (Å²) in [6.07, 6.45) is 0.149. The van der Waals surface area contributed by atoms with Crippen LogP contribution in [0.4, 0.5) is 11.4 Å². The summed E-state index contributed by atoms with van der Waals surface area (Å²) in [5, 5.41) is 0. The van der Waals surface area contributed by atoms with Crippen LogP contribution in [0.25, 0.3) is 0 Å². The maximum Gasteiger partial charge on any atom is 0.264 e. The van der Waals surface area contributed by atoms with Gasteiger partial charge in [-0.05, 0) is 37.6 Å². The lowest BCUT2D eigenvalue weighted by atomic mass is 10.1. The first-order valence-electron chi connectivity index (χ1n) is 7.78. The average Bonchev–Trinajstić information content (AvgIpc) is 2.67. The minimum Gasteiger partial charge on any atom is -0.313 e. The van der Waals surface area contributed by atoms with E-state index in [-0.39, 0.29) is 23.8 Å². The molecule has 0 N–H and O–H groups in total. The number of rotatable bonds is 2. The topological polar surface area (TPSA) is 57.7 Å². The Hall–Kier alpha value is -2.34. The highest BCUT2D eigenvalue weighted by atomic mass is 32.2. The molecular formula is C18H20N2O3S. The number of hydrogen-bond donors (Lipinski definition) is 0. The lowest BCUT2D eigenvalue weighted by molar-refractivity contribution is -0.118. The molecule has 0 saturated carbocycles. The number of carbonyl (C=O) groups excluding carboxylic acids is 1. The van der Waals surface area contributed by atoms with Crippen LogP contribution in [-0.2, 0) is 14.8 Å². The number of para-hydroxylation sites is 1. The van der Waals surface area contributed by atoms with Gasteiger partial charge in [0.1, 0.15) is 0 Å². The van der Waals surface area contributed by atoms with Crippen molar-refractivity contribution in [1.29, 1.82) is 0 Å². The predicted octanol–water partition coefficient (Wildman–Crippen LogP) is 2.87. The predicted molar refractivity (Wildman–Crippen MR) is 94.9 cm³/mol. The first-order valence-corrected chi connectivity index (χ1v) is 9.22. The molecule has 1 amide bonds. The Bertz CT molecular complexity index is 889. The van der Waals surface area contributed by atoms with Gasteiger partial charge in [-0.25, -0.2) is 8.42 Å². The number of hydrogen-bond acceptors (Lipinski definition) is 3. The third-order valence-electron chi connectivity index (χ3n) is 4.34. The molecule has 0 aliphatic carbocycles. The normalized spacial score (nSPS) is 15.2. The van der Waals surface area contributed by atoms with Crippen LogP contribution >= 0.6 is 0 Å². The van der Waals surface area contributed by atoms with E-state index >= 15 is 0 Å². The molecule has 2 aromatic rings. The number of fused-ring (bicyclic) bond motifs is 1. The van der Waals surface area contributed by atoms with Gasteiger partial charge in [0.2, 0.25) is 5.91 Å². The van der Waals surface area contributed by atoms with Crippen molar-refractivity contribution in [2.75, 3.05) is 22.8 Å². The number of anilines is 2. The minimum atomic E-state index is -3.73. The Kier molecular flexibility index (Phi) is 4.09. The van der Waals surface area contributed by atoms with E-state index < -0.39 is 10.0 Å². The number of aryl methyl sites for hydroxylation is 2. The third-order valence-corrected chi connectivity index (χ3v) is 6.15. The average molecular weight is 344 g/mol. The molecule has 1 aliphatic rings. The van der Waals surface area contributed by atoms with Crippen LogP contribution in [0.1, 0.15) is 17.5 Å². The van der Waals surface area contributed by atoms with E-state index in [0.29, 0.717) is 11.4 Å². The molecule has 5 nitrogen and oxygen atoms in total. The molecule has 0 fully saturated rings. The quantitative estimate of drug-likeness (QED) is 0.842. The Balaban J connectivity index is 2.19. The molecule has 126 valence electrons. The van der Waals surface area contributed by atoms with Gasteiger partial charge in [0, 0.05) is 20.0 Å². The van der Waals surface area contributed by atoms with Gasteiger partial charge in [-0.2, -0.15) is 0 Å². The van der Waals surface area contributed by atoms with Crippen molar-refractivity contribution in [3.8, 4) is 0 Å². The summed E-state index contributed by atoms with van der Waals surface area (Å²) < 4.78 is 27.7. The molecule has 1 heterocycles. The summed E-state index contributed by atoms with van der Waals surface area (Å²) in [4.78, 5) is 14.0. The van der Waals surface area contributed by atoms with Crippen molar-refractivity contribution in [2.24, 2.45) is 0 Å². The van der Waals surface area contributed by atoms with Crippen molar-refractivity contribution in [2.45, 2.75) is 25.2 Å². The molecule has 0 spiro atoms. The summed E-state index contributed by atoms with van der Waals surface area (Å²) >= 11 is 0. The zero-order valence-electron chi connectivity index (χ0n) is 14.0. The SMILES string of the molecule is Cc1ccc(S(=O)(=O)N2CCC(=O)N(C)c3cccc(C)c32)cc1. The fraction of sp³-hybridized carbons (Fsp3) is 0.278. The molecular weight excluding hydrogens is 324 g/mol. The standard InChI is InChI=1S/C18H20N2O3S/c1-13-7-9-15(10-8-13)24(22,23)20-12-11-17(21)19(3)16-6-4-5-14(2)18(16)20/h4-10H,11-12H2,1-3H3. The maximum absolute atomic E-state index is 13.2. The molecule has 3 rings (SSSR count). The Labute approximate surface area is 142 Å². The van der Waals surface area contributed by atoms with Gasteiger partial charge in [-0.15, -0.1) is 0 Å². The van der Waals surface area contributed by atoms with Gasteiger partial charge in [0.25, 0.3) is 10.0 Å². The van der Waals surface area contributed by atoms with Crippen LogP contribution in [0.5, 0.6) is 0 Å². The smallest absolute Gasteiger partial charge is 0.264 e. The summed E-state index contributed by atoms with van der Waals surface area (Å²) in [7, 11) is -2.05. The molecule has 0 bridgehead atoms. The van der Waals surface area contributed by atoms with Gasteiger partial charge in [0.05, 0.1) is 16.3 Å². The molecule has 24 heavy (non-hydrogen) atoms. The monoisotopic (exact) mass is 344 g/mol. The highest BCUT2D eigenvalue weighted by Crippen LogP contribution is 2.38. The van der Waals surface area contributed by atoms with E-state index in [1.165, 1.54) is 9.21 Å². The van der Waals surface area contributed by atoms with Gasteiger partial charge >= 0.3 is 0 Å². The fourth-order valence-corrected chi connectivity index (χ4v) is 4.47. The number of nitrogens with zero attached hydrogens (tertiary/aromatic N) is 2. The van der Waals surface area contributed by atoms with Crippen LogP contribution < -0.4 is 9.21 Å². The minimum absolute atomic E-state index is 0.0940. The van der Waals surface area contributed by atoms with Crippen molar-refractivity contribution >= 4 is 27.3 Å². The van der Waals surface area contributed by atoms with Crippen LogP contribution in [0.3, 0.4) is 0 Å². The van der Waals surface area contributed by atoms with E-state index in [4.69, 9.17) is 0 Å². The van der Waals surface area contributed by atoms with Crippen molar-refractivity contribution < 1.29 is 13.2 Å². The second-order valence-electron chi connectivity index (χ2n) is 6.04. The van der Waals surface area contributed by atoms with Crippen LogP contribution in [0, 0.1) is 13.8 Å². The van der Waals surface area contributed by atoms with Gasteiger partial charge in [0.15, 0.2) is 0 Å². The summed E-state index contributed by atoms with van der Waals surface area (Å²) in [6, 6.07) is 12.3. The lowest BCUT2D eigenvalue weighted by Gasteiger charge is -2.26. The summed E-state index contributed by atoms with van der Waals surface area (Å²) in [5.74, 6) is -0.0940. The molecule has 1 aliphatic heterocycles. The number of amides is 1. The Morgan fingerprint density at radius 2 is 1.67 bits per heavy atom. The van der Waals surface area contributed by atoms with Crippen LogP contribution in [-0.4, -0.2) is 27.9 Å². The summed E-state index contributed by atoms with van der Waals surface area (Å²) in [6.45, 7) is 3.91. The first kappa shape index (κ1) is 16.5. The van der Waals surface area contributed by atoms with E-state index in [9.17, 15) is 13.2 Å². The van der Waals surface area contributed by atoms with Crippen LogP contribution in [0.2, 0.25) is 0 Å². The molecule has 0 atom stereocenters. The number of sulfonamides is 1. The Morgan fingerprint density at radius 1 is 1.00 bits per heavy atom. The summed E-state index contributed by atoms with van der Waals surface area (Å²) in [5.41, 5.74) is 3.01. The molecule has 0 radical (unpaired) electrons. The second-order valence-corrected chi connectivity index (χ2v) is 7.90. The second kappa shape index (κ2) is 5.94. The third kappa shape index (κ3) is 2.67. The number of benzene rings is 2. The Morgan fingerprint density at radius 3 is 2.33 bits per heavy atom. The first-order chi connectivity index (χ1) is 11.3. The van der Waals surface area contributed by atoms with E-state index in [1.807, 2.05) is 26.0 Å². The van der Waals surface area contributed by atoms with Crippen LogP contribution in [0.15, 0.2) is 47.4 Å². The van der Waals surface area contributed by atoms with Crippen molar-refractivity contribution in [3.05, 3.63) is 53.6 Å². The van der Waals surface area contributed by atoms with E-state index in [0.717, 1.165) is 11.1 Å². The lowest BCUT2D eigenvalue weighted by Crippen LogP contribution is -2.32. The zero-order chi connectivity index (χ0) is 17.5.